The van der Waals surface area contributed by atoms with Crippen LogP contribution in [0.4, 0.5) is 0 Å². The Labute approximate surface area is 109 Å². The summed E-state index contributed by atoms with van der Waals surface area (Å²) in [5.41, 5.74) is 0.209. The van der Waals surface area contributed by atoms with Crippen LogP contribution in [0.1, 0.15) is 10.4 Å². The molecule has 0 bridgehead atoms. The van der Waals surface area contributed by atoms with Crippen molar-refractivity contribution in [2.45, 2.75) is 6.04 Å². The van der Waals surface area contributed by atoms with E-state index < -0.39 is 11.9 Å². The molecule has 0 saturated heterocycles. The molecule has 5 nitrogen and oxygen atoms in total. The number of aliphatic hydroxyl groups excluding tert-OH is 1. The third kappa shape index (κ3) is 4.12. The highest BCUT2D eigenvalue weighted by Gasteiger charge is 2.16. The summed E-state index contributed by atoms with van der Waals surface area (Å²) in [6.07, 6.45) is 1.29. The van der Waals surface area contributed by atoms with Gasteiger partial charge in [0.25, 0.3) is 5.91 Å². The molecule has 0 spiro atoms. The second-order valence-electron chi connectivity index (χ2n) is 3.30. The summed E-state index contributed by atoms with van der Waals surface area (Å²) < 4.78 is 4.84. The van der Waals surface area contributed by atoms with Gasteiger partial charge in [0.05, 0.1) is 29.8 Å². The van der Waals surface area contributed by atoms with E-state index in [0.29, 0.717) is 0 Å². The number of nitrogens with one attached hydrogen (secondary N) is 1. The van der Waals surface area contributed by atoms with Gasteiger partial charge in [0.15, 0.2) is 0 Å². The maximum absolute atomic E-state index is 11.8. The van der Waals surface area contributed by atoms with E-state index in [4.69, 9.17) is 33.0 Å². The molecule has 0 aromatic carbocycles. The van der Waals surface area contributed by atoms with Crippen LogP contribution in [0.15, 0.2) is 12.3 Å². The van der Waals surface area contributed by atoms with Gasteiger partial charge >= 0.3 is 0 Å². The highest BCUT2D eigenvalue weighted by Crippen LogP contribution is 2.17. The lowest BCUT2D eigenvalue weighted by molar-refractivity contribution is 0.0839. The molecule has 1 atom stereocenters. The van der Waals surface area contributed by atoms with Crippen molar-refractivity contribution in [1.29, 1.82) is 0 Å². The number of pyridine rings is 1. The zero-order valence-corrected chi connectivity index (χ0v) is 10.6. The number of aromatic nitrogens is 1. The van der Waals surface area contributed by atoms with Gasteiger partial charge in [-0.1, -0.05) is 23.2 Å². The number of aliphatic hydroxyl groups is 1. The van der Waals surface area contributed by atoms with Crippen LogP contribution in [0, 0.1) is 0 Å². The van der Waals surface area contributed by atoms with Crippen molar-refractivity contribution in [3.05, 3.63) is 28.0 Å². The third-order valence-electron chi connectivity index (χ3n) is 1.99. The first-order chi connectivity index (χ1) is 8.08. The zero-order chi connectivity index (χ0) is 12.8. The number of rotatable bonds is 5. The minimum Gasteiger partial charge on any atom is -0.394 e. The monoisotopic (exact) mass is 278 g/mol. The lowest BCUT2D eigenvalue weighted by atomic mass is 10.2. The van der Waals surface area contributed by atoms with Crippen molar-refractivity contribution < 1.29 is 14.6 Å². The predicted molar refractivity (Wildman–Crippen MR) is 64.5 cm³/mol. The second-order valence-corrected chi connectivity index (χ2v) is 4.09. The highest BCUT2D eigenvalue weighted by atomic mass is 35.5. The number of carbonyl (C=O) groups excluding carboxylic acids is 1. The molecular weight excluding hydrogens is 267 g/mol. The summed E-state index contributed by atoms with van der Waals surface area (Å²) in [5, 5.41) is 11.9. The average molecular weight is 279 g/mol. The topological polar surface area (TPSA) is 71.5 Å². The first kappa shape index (κ1) is 14.2. The summed E-state index contributed by atoms with van der Waals surface area (Å²) >= 11 is 11.5. The van der Waals surface area contributed by atoms with Gasteiger partial charge in [0.2, 0.25) is 0 Å². The van der Waals surface area contributed by atoms with Gasteiger partial charge in [0, 0.05) is 13.3 Å². The molecule has 0 fully saturated rings. The minimum absolute atomic E-state index is 0.173. The Kier molecular flexibility index (Phi) is 5.64. The lowest BCUT2D eigenvalue weighted by Crippen LogP contribution is -2.40. The van der Waals surface area contributed by atoms with E-state index in [-0.39, 0.29) is 29.0 Å². The molecule has 1 rings (SSSR count). The van der Waals surface area contributed by atoms with E-state index in [2.05, 4.69) is 10.3 Å². The van der Waals surface area contributed by atoms with Crippen LogP contribution in [-0.4, -0.2) is 42.4 Å². The Bertz CT molecular complexity index is 401. The van der Waals surface area contributed by atoms with E-state index >= 15 is 0 Å². The summed E-state index contributed by atoms with van der Waals surface area (Å²) in [4.78, 5) is 15.6. The number of hydrogen-bond acceptors (Lipinski definition) is 4. The molecule has 7 heteroatoms. The third-order valence-corrected chi connectivity index (χ3v) is 2.50. The molecule has 2 N–H and O–H groups in total. The van der Waals surface area contributed by atoms with Gasteiger partial charge in [0.1, 0.15) is 5.15 Å². The molecule has 0 aliphatic carbocycles. The van der Waals surface area contributed by atoms with Gasteiger partial charge < -0.3 is 15.2 Å². The standard InChI is InChI=1S/C10H12Cl2N2O3/c1-17-5-6(4-15)14-10(16)7-2-9(12)13-3-8(7)11/h2-3,6,15H,4-5H2,1H3,(H,14,16). The van der Waals surface area contributed by atoms with Crippen molar-refractivity contribution in [2.75, 3.05) is 20.3 Å². The smallest absolute Gasteiger partial charge is 0.253 e. The van der Waals surface area contributed by atoms with Gasteiger partial charge in [-0.2, -0.15) is 0 Å². The SMILES string of the molecule is COCC(CO)NC(=O)c1cc(Cl)ncc1Cl. The zero-order valence-electron chi connectivity index (χ0n) is 9.11. The molecule has 0 aliphatic rings. The Balaban J connectivity index is 2.78. The Morgan fingerprint density at radius 1 is 1.65 bits per heavy atom. The van der Waals surface area contributed by atoms with E-state index in [1.54, 1.807) is 0 Å². The quantitative estimate of drug-likeness (QED) is 0.792. The van der Waals surface area contributed by atoms with Crippen LogP contribution >= 0.6 is 23.2 Å². The molecule has 1 unspecified atom stereocenters. The molecule has 0 saturated carbocycles. The first-order valence-electron chi connectivity index (χ1n) is 4.80. The molecule has 1 aromatic heterocycles. The van der Waals surface area contributed by atoms with Crippen molar-refractivity contribution in [3.63, 3.8) is 0 Å². The molecule has 1 aromatic rings. The number of amides is 1. The van der Waals surface area contributed by atoms with Crippen molar-refractivity contribution in [3.8, 4) is 0 Å². The minimum atomic E-state index is -0.490. The van der Waals surface area contributed by atoms with Gasteiger partial charge in [-0.3, -0.25) is 4.79 Å². The van der Waals surface area contributed by atoms with Crippen LogP contribution in [0.2, 0.25) is 10.2 Å². The number of hydrogen-bond donors (Lipinski definition) is 2. The summed E-state index contributed by atoms with van der Waals surface area (Å²) in [7, 11) is 1.48. The van der Waals surface area contributed by atoms with Crippen molar-refractivity contribution in [2.24, 2.45) is 0 Å². The van der Waals surface area contributed by atoms with E-state index in [1.165, 1.54) is 19.4 Å². The van der Waals surface area contributed by atoms with Gasteiger partial charge in [-0.25, -0.2) is 4.98 Å². The fraction of sp³-hybridized carbons (Fsp3) is 0.400. The fourth-order valence-corrected chi connectivity index (χ4v) is 1.54. The molecule has 94 valence electrons. The van der Waals surface area contributed by atoms with Crippen LogP contribution in [0.3, 0.4) is 0 Å². The van der Waals surface area contributed by atoms with E-state index in [1.807, 2.05) is 0 Å². The van der Waals surface area contributed by atoms with Crippen LogP contribution in [-0.2, 0) is 4.74 Å². The largest absolute Gasteiger partial charge is 0.394 e. The molecular formula is C10H12Cl2N2O3. The van der Waals surface area contributed by atoms with E-state index in [0.717, 1.165) is 0 Å². The second kappa shape index (κ2) is 6.76. The Morgan fingerprint density at radius 2 is 2.35 bits per heavy atom. The summed E-state index contributed by atoms with van der Waals surface area (Å²) in [6.45, 7) is -0.0192. The maximum Gasteiger partial charge on any atom is 0.253 e. The first-order valence-corrected chi connectivity index (χ1v) is 5.55. The number of methoxy groups -OCH3 is 1. The Hall–Kier alpha value is -0.880. The molecule has 0 aliphatic heterocycles. The van der Waals surface area contributed by atoms with Crippen LogP contribution < -0.4 is 5.32 Å². The van der Waals surface area contributed by atoms with Crippen LogP contribution in [0.5, 0.6) is 0 Å². The number of halogens is 2. The molecule has 1 amide bonds. The predicted octanol–water partition coefficient (Wildman–Crippen LogP) is 1.13. The number of carbonyl (C=O) groups is 1. The molecule has 17 heavy (non-hydrogen) atoms. The molecule has 0 radical (unpaired) electrons. The lowest BCUT2D eigenvalue weighted by Gasteiger charge is -2.15. The summed E-state index contributed by atoms with van der Waals surface area (Å²) in [6, 6.07) is 0.871. The fourth-order valence-electron chi connectivity index (χ4n) is 1.19. The van der Waals surface area contributed by atoms with Crippen molar-refractivity contribution in [1.82, 2.24) is 10.3 Å². The van der Waals surface area contributed by atoms with E-state index in [9.17, 15) is 4.79 Å². The van der Waals surface area contributed by atoms with Gasteiger partial charge in [-0.15, -0.1) is 0 Å². The highest BCUT2D eigenvalue weighted by molar-refractivity contribution is 6.35. The van der Waals surface area contributed by atoms with Gasteiger partial charge in [-0.05, 0) is 6.07 Å². The number of ether oxygens (including phenoxy) is 1. The number of nitrogens with zero attached hydrogens (tertiary/aromatic N) is 1. The van der Waals surface area contributed by atoms with Crippen LogP contribution in [0.25, 0.3) is 0 Å². The Morgan fingerprint density at radius 3 is 2.94 bits per heavy atom. The van der Waals surface area contributed by atoms with Crippen molar-refractivity contribution >= 4 is 29.1 Å². The normalized spacial score (nSPS) is 12.2. The summed E-state index contributed by atoms with van der Waals surface area (Å²) in [5.74, 6) is -0.435. The average Bonchev–Trinajstić information content (AvgIpc) is 2.31. The maximum atomic E-state index is 11.8. The molecule has 1 heterocycles.